The van der Waals surface area contributed by atoms with Crippen molar-refractivity contribution in [3.05, 3.63) is 47.8 Å². The number of methoxy groups -OCH3 is 1. The first-order valence-corrected chi connectivity index (χ1v) is 5.23. The highest BCUT2D eigenvalue weighted by molar-refractivity contribution is 5.74. The maximum Gasteiger partial charge on any atom is 0.133 e. The molecule has 0 spiro atoms. The van der Waals surface area contributed by atoms with E-state index in [-0.39, 0.29) is 16.9 Å². The van der Waals surface area contributed by atoms with Crippen molar-refractivity contribution in [1.82, 2.24) is 0 Å². The molecule has 0 aliphatic carbocycles. The van der Waals surface area contributed by atoms with Crippen molar-refractivity contribution in [3.8, 4) is 28.7 Å². The Morgan fingerprint density at radius 1 is 1.22 bits per heavy atom. The molecule has 0 heterocycles. The molecule has 2 aromatic carbocycles. The monoisotopic (exact) mass is 243 g/mol. The molecule has 0 bridgehead atoms. The van der Waals surface area contributed by atoms with Crippen molar-refractivity contribution < 1.29 is 14.2 Å². The molecule has 3 nitrogen and oxygen atoms in total. The lowest BCUT2D eigenvalue weighted by Crippen LogP contribution is -1.91. The molecule has 1 N–H and O–H groups in total. The first-order valence-electron chi connectivity index (χ1n) is 5.23. The van der Waals surface area contributed by atoms with E-state index in [1.807, 2.05) is 6.07 Å². The van der Waals surface area contributed by atoms with Crippen molar-refractivity contribution in [2.24, 2.45) is 0 Å². The number of hydrogen-bond donors (Lipinski definition) is 1. The van der Waals surface area contributed by atoms with E-state index in [4.69, 9.17) is 10.00 Å². The topological polar surface area (TPSA) is 53.2 Å². The number of hydrogen-bond acceptors (Lipinski definition) is 3. The van der Waals surface area contributed by atoms with E-state index >= 15 is 0 Å². The van der Waals surface area contributed by atoms with Crippen LogP contribution >= 0.6 is 0 Å². The number of phenolic OH excluding ortho intramolecular Hbond substituents is 1. The van der Waals surface area contributed by atoms with Gasteiger partial charge >= 0.3 is 0 Å². The molecule has 0 saturated carbocycles. The summed E-state index contributed by atoms with van der Waals surface area (Å²) in [6.45, 7) is 0. The Morgan fingerprint density at radius 2 is 2.00 bits per heavy atom. The van der Waals surface area contributed by atoms with E-state index in [9.17, 15) is 9.50 Å². The number of nitrogens with zero attached hydrogens (tertiary/aromatic N) is 1. The smallest absolute Gasteiger partial charge is 0.133 e. The number of rotatable bonds is 2. The van der Waals surface area contributed by atoms with E-state index in [2.05, 4.69) is 0 Å². The minimum Gasteiger partial charge on any atom is -0.507 e. The number of ether oxygens (including phenoxy) is 1. The molecule has 2 rings (SSSR count). The summed E-state index contributed by atoms with van der Waals surface area (Å²) in [7, 11) is 1.48. The molecule has 0 aromatic heterocycles. The summed E-state index contributed by atoms with van der Waals surface area (Å²) < 4.78 is 18.8. The Hall–Kier alpha value is -2.54. The lowest BCUT2D eigenvalue weighted by Gasteiger charge is -2.08. The van der Waals surface area contributed by atoms with Crippen LogP contribution in [-0.4, -0.2) is 12.2 Å². The molecule has 0 aliphatic rings. The molecule has 0 fully saturated rings. The molecular weight excluding hydrogens is 233 g/mol. The van der Waals surface area contributed by atoms with Gasteiger partial charge in [-0.1, -0.05) is 12.1 Å². The van der Waals surface area contributed by atoms with Crippen LogP contribution in [-0.2, 0) is 0 Å². The highest BCUT2D eigenvalue weighted by Crippen LogP contribution is 2.33. The van der Waals surface area contributed by atoms with Gasteiger partial charge in [-0.05, 0) is 24.3 Å². The summed E-state index contributed by atoms with van der Waals surface area (Å²) in [5.41, 5.74) is 0.611. The Bertz CT molecular complexity index is 632. The van der Waals surface area contributed by atoms with Crippen LogP contribution in [0.15, 0.2) is 36.4 Å². The highest BCUT2D eigenvalue weighted by atomic mass is 19.1. The zero-order valence-corrected chi connectivity index (χ0v) is 9.64. The third-order valence-corrected chi connectivity index (χ3v) is 2.62. The standard InChI is InChI=1S/C14H10FNO2/c1-18-9-5-6-13(15)11(7-9)10-3-2-4-14(17)12(10)8-16/h2-7,17H,1H3. The molecule has 0 radical (unpaired) electrons. The molecule has 4 heteroatoms. The van der Waals surface area contributed by atoms with Gasteiger partial charge in [0, 0.05) is 11.1 Å². The Labute approximate surface area is 104 Å². The van der Waals surface area contributed by atoms with E-state index in [0.717, 1.165) is 0 Å². The predicted octanol–water partition coefficient (Wildman–Crippen LogP) is 3.08. The van der Waals surface area contributed by atoms with Gasteiger partial charge in [0.05, 0.1) is 7.11 Å². The fourth-order valence-electron chi connectivity index (χ4n) is 1.72. The van der Waals surface area contributed by atoms with E-state index in [0.29, 0.717) is 11.3 Å². The molecule has 0 aliphatic heterocycles. The number of phenols is 1. The van der Waals surface area contributed by atoms with Crippen LogP contribution in [0.3, 0.4) is 0 Å². The Balaban J connectivity index is 2.69. The van der Waals surface area contributed by atoms with Crippen molar-refractivity contribution in [1.29, 1.82) is 5.26 Å². The van der Waals surface area contributed by atoms with Gasteiger partial charge < -0.3 is 9.84 Å². The fourth-order valence-corrected chi connectivity index (χ4v) is 1.72. The third kappa shape index (κ3) is 1.98. The van der Waals surface area contributed by atoms with Crippen LogP contribution in [0.1, 0.15) is 5.56 Å². The second-order valence-corrected chi connectivity index (χ2v) is 3.66. The molecule has 2 aromatic rings. The average molecular weight is 243 g/mol. The molecule has 0 saturated heterocycles. The van der Waals surface area contributed by atoms with E-state index in [1.54, 1.807) is 12.1 Å². The molecule has 0 unspecified atom stereocenters. The molecule has 0 atom stereocenters. The molecule has 18 heavy (non-hydrogen) atoms. The van der Waals surface area contributed by atoms with Crippen LogP contribution in [0.4, 0.5) is 4.39 Å². The average Bonchev–Trinajstić information content (AvgIpc) is 2.39. The molecule has 0 amide bonds. The Morgan fingerprint density at radius 3 is 2.67 bits per heavy atom. The largest absolute Gasteiger partial charge is 0.507 e. The van der Waals surface area contributed by atoms with Crippen molar-refractivity contribution in [3.63, 3.8) is 0 Å². The Kier molecular flexibility index (Phi) is 3.16. The summed E-state index contributed by atoms with van der Waals surface area (Å²) in [4.78, 5) is 0. The normalized spacial score (nSPS) is 9.83. The first-order chi connectivity index (χ1) is 8.67. The minimum absolute atomic E-state index is 0.0460. The van der Waals surface area contributed by atoms with Crippen LogP contribution in [0.25, 0.3) is 11.1 Å². The summed E-state index contributed by atoms with van der Waals surface area (Å²) in [6, 6.07) is 10.6. The summed E-state index contributed by atoms with van der Waals surface area (Å²) in [6.07, 6.45) is 0. The lowest BCUT2D eigenvalue weighted by atomic mass is 9.99. The van der Waals surface area contributed by atoms with Gasteiger partial charge in [0.1, 0.15) is 28.9 Å². The van der Waals surface area contributed by atoms with Crippen LogP contribution < -0.4 is 4.74 Å². The van der Waals surface area contributed by atoms with Crippen LogP contribution in [0.2, 0.25) is 0 Å². The summed E-state index contributed by atoms with van der Waals surface area (Å²) >= 11 is 0. The second kappa shape index (κ2) is 4.76. The van der Waals surface area contributed by atoms with Crippen molar-refractivity contribution in [2.75, 3.05) is 7.11 Å². The highest BCUT2D eigenvalue weighted by Gasteiger charge is 2.13. The zero-order chi connectivity index (χ0) is 13.1. The van der Waals surface area contributed by atoms with Gasteiger partial charge in [-0.3, -0.25) is 0 Å². The maximum atomic E-state index is 13.8. The number of benzene rings is 2. The van der Waals surface area contributed by atoms with Crippen LogP contribution in [0.5, 0.6) is 11.5 Å². The first kappa shape index (κ1) is 11.9. The second-order valence-electron chi connectivity index (χ2n) is 3.66. The number of aromatic hydroxyl groups is 1. The zero-order valence-electron chi connectivity index (χ0n) is 9.64. The van der Waals surface area contributed by atoms with Crippen molar-refractivity contribution in [2.45, 2.75) is 0 Å². The third-order valence-electron chi connectivity index (χ3n) is 2.62. The van der Waals surface area contributed by atoms with Gasteiger partial charge in [0.15, 0.2) is 0 Å². The van der Waals surface area contributed by atoms with Gasteiger partial charge in [-0.15, -0.1) is 0 Å². The van der Waals surface area contributed by atoms with Crippen LogP contribution in [0, 0.1) is 17.1 Å². The van der Waals surface area contributed by atoms with Gasteiger partial charge in [-0.25, -0.2) is 4.39 Å². The summed E-state index contributed by atoms with van der Waals surface area (Å²) in [5, 5.41) is 18.6. The predicted molar refractivity (Wildman–Crippen MR) is 64.8 cm³/mol. The lowest BCUT2D eigenvalue weighted by molar-refractivity contribution is 0.414. The molecular formula is C14H10FNO2. The van der Waals surface area contributed by atoms with Gasteiger partial charge in [0.2, 0.25) is 0 Å². The number of nitriles is 1. The fraction of sp³-hybridized carbons (Fsp3) is 0.0714. The van der Waals surface area contributed by atoms with E-state index < -0.39 is 5.82 Å². The van der Waals surface area contributed by atoms with Gasteiger partial charge in [0.25, 0.3) is 0 Å². The summed E-state index contributed by atoms with van der Waals surface area (Å²) in [5.74, 6) is -0.159. The van der Waals surface area contributed by atoms with Crippen molar-refractivity contribution >= 4 is 0 Å². The number of halogens is 1. The quantitative estimate of drug-likeness (QED) is 0.881. The minimum atomic E-state index is -0.474. The van der Waals surface area contributed by atoms with Gasteiger partial charge in [-0.2, -0.15) is 5.26 Å². The SMILES string of the molecule is COc1ccc(F)c(-c2cccc(O)c2C#N)c1. The van der Waals surface area contributed by atoms with E-state index in [1.165, 1.54) is 31.4 Å². The maximum absolute atomic E-state index is 13.8. The molecule has 90 valence electrons.